The Kier molecular flexibility index (Phi) is 5.71. The van der Waals surface area contributed by atoms with Crippen molar-refractivity contribution in [3.05, 3.63) is 83.1 Å². The minimum absolute atomic E-state index is 0.0000379. The fourth-order valence-corrected chi connectivity index (χ4v) is 5.25. The molecule has 8 heteroatoms. The van der Waals surface area contributed by atoms with Crippen LogP contribution in [0.3, 0.4) is 0 Å². The van der Waals surface area contributed by atoms with Crippen molar-refractivity contribution >= 4 is 23.1 Å². The van der Waals surface area contributed by atoms with Crippen molar-refractivity contribution in [3.63, 3.8) is 0 Å². The first kappa shape index (κ1) is 23.0. The summed E-state index contributed by atoms with van der Waals surface area (Å²) in [5.74, 6) is 1.82. The van der Waals surface area contributed by atoms with Crippen LogP contribution in [0.4, 0.5) is 11.4 Å². The molecule has 188 valence electrons. The number of nitrogens with one attached hydrogen (secondary N) is 2. The maximum Gasteiger partial charge on any atom is 0.308 e. The van der Waals surface area contributed by atoms with Gasteiger partial charge >= 0.3 is 5.97 Å². The van der Waals surface area contributed by atoms with E-state index in [0.29, 0.717) is 35.7 Å². The molecule has 3 aromatic rings. The first-order valence-corrected chi connectivity index (χ1v) is 12.1. The minimum atomic E-state index is -0.432. The number of carbonyl (C=O) groups excluding carboxylic acids is 2. The Hall–Kier alpha value is -4.46. The molecule has 0 radical (unpaired) electrons. The standard InChI is InChI=1S/C29H26N2O6/c1-16(32)37-25-10-8-18(14-26(25)34-2)29-28-22(30-20-5-3-4-6-21(20)31-29)11-19(12-23(28)33)17-7-9-24-27(13-17)36-15-35-24/h3-10,13-14,19,29-31H,11-12,15H2,1-2H3/t19-,29-/m0/s1. The molecular weight excluding hydrogens is 472 g/mol. The van der Waals surface area contributed by atoms with Crippen molar-refractivity contribution in [2.45, 2.75) is 31.7 Å². The molecule has 3 aliphatic rings. The average molecular weight is 499 g/mol. The van der Waals surface area contributed by atoms with Crippen LogP contribution in [0.1, 0.15) is 42.9 Å². The third-order valence-electron chi connectivity index (χ3n) is 6.95. The number of esters is 1. The zero-order valence-electron chi connectivity index (χ0n) is 20.5. The monoisotopic (exact) mass is 498 g/mol. The Morgan fingerprint density at radius 1 is 0.919 bits per heavy atom. The smallest absolute Gasteiger partial charge is 0.308 e. The van der Waals surface area contributed by atoms with Crippen LogP contribution in [0.15, 0.2) is 71.9 Å². The number of hydrogen-bond donors (Lipinski definition) is 2. The number of rotatable bonds is 4. The number of Topliss-reactive ketones (excluding diaryl/α,β-unsaturated/α-hetero) is 1. The molecule has 0 fully saturated rings. The van der Waals surface area contributed by atoms with Gasteiger partial charge in [0.25, 0.3) is 0 Å². The van der Waals surface area contributed by atoms with E-state index < -0.39 is 12.0 Å². The highest BCUT2D eigenvalue weighted by atomic mass is 16.7. The number of carbonyl (C=O) groups is 2. The number of ketones is 1. The Morgan fingerprint density at radius 2 is 1.70 bits per heavy atom. The lowest BCUT2D eigenvalue weighted by Gasteiger charge is -2.30. The highest BCUT2D eigenvalue weighted by molar-refractivity contribution is 6.01. The summed E-state index contributed by atoms with van der Waals surface area (Å²) in [6, 6.07) is 18.7. The third-order valence-corrected chi connectivity index (χ3v) is 6.95. The molecule has 6 rings (SSSR count). The lowest BCUT2D eigenvalue weighted by atomic mass is 9.78. The molecule has 0 saturated carbocycles. The average Bonchev–Trinajstić information content (AvgIpc) is 3.29. The fraction of sp³-hybridized carbons (Fsp3) is 0.241. The molecule has 2 N–H and O–H groups in total. The quantitative estimate of drug-likeness (QED) is 0.368. The molecule has 0 spiro atoms. The summed E-state index contributed by atoms with van der Waals surface area (Å²) >= 11 is 0. The summed E-state index contributed by atoms with van der Waals surface area (Å²) in [6.45, 7) is 1.56. The van der Waals surface area contributed by atoms with Crippen LogP contribution in [0.25, 0.3) is 0 Å². The maximum atomic E-state index is 13.8. The van der Waals surface area contributed by atoms with Crippen LogP contribution in [0, 0.1) is 0 Å². The minimum Gasteiger partial charge on any atom is -0.493 e. The second-order valence-corrected chi connectivity index (χ2v) is 9.29. The van der Waals surface area contributed by atoms with Crippen LogP contribution in [-0.2, 0) is 9.59 Å². The van der Waals surface area contributed by atoms with E-state index >= 15 is 0 Å². The number of ether oxygens (including phenoxy) is 4. The molecule has 2 atom stereocenters. The van der Waals surface area contributed by atoms with Gasteiger partial charge < -0.3 is 29.6 Å². The Bertz CT molecular complexity index is 1450. The molecule has 0 unspecified atom stereocenters. The van der Waals surface area contributed by atoms with Gasteiger partial charge in [0, 0.05) is 24.6 Å². The molecule has 3 aromatic carbocycles. The van der Waals surface area contributed by atoms with E-state index in [1.807, 2.05) is 54.6 Å². The van der Waals surface area contributed by atoms with E-state index in [1.165, 1.54) is 14.0 Å². The van der Waals surface area contributed by atoms with Crippen LogP contribution >= 0.6 is 0 Å². The summed E-state index contributed by atoms with van der Waals surface area (Å²) in [6.07, 6.45) is 1.03. The SMILES string of the molecule is COc1cc([C@@H]2Nc3ccccc3NC3=C2C(=O)C[C@@H](c2ccc4c(c2)OCO4)C3)ccc1OC(C)=O. The van der Waals surface area contributed by atoms with Crippen molar-refractivity contribution in [1.29, 1.82) is 0 Å². The first-order chi connectivity index (χ1) is 18.0. The predicted octanol–water partition coefficient (Wildman–Crippen LogP) is 5.33. The van der Waals surface area contributed by atoms with Crippen molar-refractivity contribution < 1.29 is 28.5 Å². The van der Waals surface area contributed by atoms with E-state index in [0.717, 1.165) is 33.9 Å². The van der Waals surface area contributed by atoms with E-state index in [-0.39, 0.29) is 18.5 Å². The topological polar surface area (TPSA) is 95.1 Å². The molecule has 2 aliphatic heterocycles. The lowest BCUT2D eigenvalue weighted by Crippen LogP contribution is -2.27. The second kappa shape index (κ2) is 9.20. The van der Waals surface area contributed by atoms with Gasteiger partial charge in [-0.3, -0.25) is 9.59 Å². The van der Waals surface area contributed by atoms with E-state index in [4.69, 9.17) is 18.9 Å². The highest BCUT2D eigenvalue weighted by Gasteiger charge is 2.36. The number of anilines is 2. The zero-order chi connectivity index (χ0) is 25.5. The normalized spacial score (nSPS) is 19.7. The summed E-state index contributed by atoms with van der Waals surface area (Å²) in [5, 5.41) is 7.11. The second-order valence-electron chi connectivity index (χ2n) is 9.29. The number of fused-ring (bicyclic) bond motifs is 2. The number of hydrogen-bond acceptors (Lipinski definition) is 8. The Labute approximate surface area is 214 Å². The molecule has 0 bridgehead atoms. The van der Waals surface area contributed by atoms with E-state index in [1.54, 1.807) is 6.07 Å². The van der Waals surface area contributed by atoms with Gasteiger partial charge in [0.05, 0.1) is 24.5 Å². The van der Waals surface area contributed by atoms with Crippen molar-refractivity contribution in [2.24, 2.45) is 0 Å². The van der Waals surface area contributed by atoms with Gasteiger partial charge in [-0.25, -0.2) is 0 Å². The predicted molar refractivity (Wildman–Crippen MR) is 137 cm³/mol. The van der Waals surface area contributed by atoms with Gasteiger partial charge in [0.15, 0.2) is 28.8 Å². The number of benzene rings is 3. The summed E-state index contributed by atoms with van der Waals surface area (Å²) in [7, 11) is 1.52. The highest BCUT2D eigenvalue weighted by Crippen LogP contribution is 2.46. The lowest BCUT2D eigenvalue weighted by molar-refractivity contribution is -0.132. The Balaban J connectivity index is 1.42. The summed E-state index contributed by atoms with van der Waals surface area (Å²) in [4.78, 5) is 25.3. The van der Waals surface area contributed by atoms with Crippen LogP contribution in [-0.4, -0.2) is 25.7 Å². The van der Waals surface area contributed by atoms with Gasteiger partial charge in [-0.2, -0.15) is 0 Å². The zero-order valence-corrected chi connectivity index (χ0v) is 20.5. The molecular formula is C29H26N2O6. The third kappa shape index (κ3) is 4.24. The number of methoxy groups -OCH3 is 1. The molecule has 0 aromatic heterocycles. The van der Waals surface area contributed by atoms with Crippen molar-refractivity contribution in [3.8, 4) is 23.0 Å². The molecule has 2 heterocycles. The largest absolute Gasteiger partial charge is 0.493 e. The number of allylic oxidation sites excluding steroid dienone is 1. The first-order valence-electron chi connectivity index (χ1n) is 12.1. The van der Waals surface area contributed by atoms with Crippen molar-refractivity contribution in [1.82, 2.24) is 0 Å². The van der Waals surface area contributed by atoms with Gasteiger partial charge in [-0.1, -0.05) is 24.3 Å². The number of para-hydroxylation sites is 2. The maximum absolute atomic E-state index is 13.8. The van der Waals surface area contributed by atoms with Gasteiger partial charge in [-0.15, -0.1) is 0 Å². The van der Waals surface area contributed by atoms with Crippen LogP contribution in [0.5, 0.6) is 23.0 Å². The molecule has 0 saturated heterocycles. The summed E-state index contributed by atoms with van der Waals surface area (Å²) in [5.41, 5.74) is 5.23. The molecule has 37 heavy (non-hydrogen) atoms. The van der Waals surface area contributed by atoms with E-state index in [9.17, 15) is 9.59 Å². The van der Waals surface area contributed by atoms with Crippen LogP contribution < -0.4 is 29.6 Å². The van der Waals surface area contributed by atoms with Crippen LogP contribution in [0.2, 0.25) is 0 Å². The fourth-order valence-electron chi connectivity index (χ4n) is 5.25. The van der Waals surface area contributed by atoms with E-state index in [2.05, 4.69) is 10.6 Å². The molecule has 1 aliphatic carbocycles. The van der Waals surface area contributed by atoms with Gasteiger partial charge in [-0.05, 0) is 59.9 Å². The molecule has 0 amide bonds. The Morgan fingerprint density at radius 3 is 2.51 bits per heavy atom. The van der Waals surface area contributed by atoms with Gasteiger partial charge in [0.1, 0.15) is 0 Å². The van der Waals surface area contributed by atoms with Gasteiger partial charge in [0.2, 0.25) is 6.79 Å². The van der Waals surface area contributed by atoms with Crippen molar-refractivity contribution in [2.75, 3.05) is 24.5 Å². The summed E-state index contributed by atoms with van der Waals surface area (Å²) < 4.78 is 21.8. The molecule has 8 nitrogen and oxygen atoms in total.